The second-order valence-corrected chi connectivity index (χ2v) is 5.87. The number of pyridine rings is 1. The molecule has 1 aromatic heterocycles. The van der Waals surface area contributed by atoms with Crippen molar-refractivity contribution in [2.45, 2.75) is 11.3 Å². The normalized spacial score (nSPS) is 11.4. The standard InChI is InChI=1S/C13H14FN3O2S/c14-11-2-1-3-12(15)13(11)20(18,19)17-9-6-10-4-7-16-8-5-10/h1-5,7-8,17H,6,9,15H2. The third kappa shape index (κ3) is 3.31. The summed E-state index contributed by atoms with van der Waals surface area (Å²) in [5, 5.41) is 0. The Kier molecular flexibility index (Phi) is 4.31. The maximum absolute atomic E-state index is 13.6. The van der Waals surface area contributed by atoms with Crippen LogP contribution in [0.1, 0.15) is 5.56 Å². The summed E-state index contributed by atoms with van der Waals surface area (Å²) >= 11 is 0. The largest absolute Gasteiger partial charge is 0.398 e. The van der Waals surface area contributed by atoms with E-state index in [1.165, 1.54) is 12.1 Å². The molecule has 0 spiro atoms. The summed E-state index contributed by atoms with van der Waals surface area (Å²) in [6.07, 6.45) is 3.73. The lowest BCUT2D eigenvalue weighted by Crippen LogP contribution is -2.27. The minimum atomic E-state index is -3.96. The first-order valence-corrected chi connectivity index (χ1v) is 7.41. The molecule has 0 radical (unpaired) electrons. The Hall–Kier alpha value is -1.99. The van der Waals surface area contributed by atoms with Crippen molar-refractivity contribution >= 4 is 15.7 Å². The first-order valence-electron chi connectivity index (χ1n) is 5.93. The number of rotatable bonds is 5. The van der Waals surface area contributed by atoms with Crippen LogP contribution in [-0.4, -0.2) is 19.9 Å². The molecule has 1 aromatic carbocycles. The average Bonchev–Trinajstić information content (AvgIpc) is 2.39. The monoisotopic (exact) mass is 295 g/mol. The van der Waals surface area contributed by atoms with Crippen molar-refractivity contribution in [3.63, 3.8) is 0 Å². The smallest absolute Gasteiger partial charge is 0.245 e. The molecule has 5 nitrogen and oxygen atoms in total. The molecule has 2 rings (SSSR count). The minimum absolute atomic E-state index is 0.110. The van der Waals surface area contributed by atoms with Gasteiger partial charge in [0.15, 0.2) is 0 Å². The molecule has 0 aliphatic rings. The van der Waals surface area contributed by atoms with Crippen LogP contribution in [0.4, 0.5) is 10.1 Å². The van der Waals surface area contributed by atoms with Gasteiger partial charge in [0.2, 0.25) is 10.0 Å². The van der Waals surface area contributed by atoms with Gasteiger partial charge in [-0.25, -0.2) is 17.5 Å². The van der Waals surface area contributed by atoms with E-state index in [9.17, 15) is 12.8 Å². The van der Waals surface area contributed by atoms with E-state index in [1.54, 1.807) is 24.5 Å². The Labute approximate surface area is 116 Å². The van der Waals surface area contributed by atoms with Crippen molar-refractivity contribution in [1.29, 1.82) is 0 Å². The highest BCUT2D eigenvalue weighted by Gasteiger charge is 2.21. The SMILES string of the molecule is Nc1cccc(F)c1S(=O)(=O)NCCc1ccncc1. The highest BCUT2D eigenvalue weighted by atomic mass is 32.2. The number of nitrogen functional groups attached to an aromatic ring is 1. The van der Waals surface area contributed by atoms with Gasteiger partial charge in [0.25, 0.3) is 0 Å². The maximum atomic E-state index is 13.6. The number of nitrogens with two attached hydrogens (primary N) is 1. The van der Waals surface area contributed by atoms with Gasteiger partial charge in [-0.1, -0.05) is 6.07 Å². The van der Waals surface area contributed by atoms with E-state index in [1.807, 2.05) is 0 Å². The van der Waals surface area contributed by atoms with Gasteiger partial charge in [-0.3, -0.25) is 4.98 Å². The highest BCUT2D eigenvalue weighted by molar-refractivity contribution is 7.89. The Balaban J connectivity index is 2.09. The zero-order chi connectivity index (χ0) is 14.6. The van der Waals surface area contributed by atoms with Crippen LogP contribution in [0.25, 0.3) is 0 Å². The van der Waals surface area contributed by atoms with E-state index in [-0.39, 0.29) is 12.2 Å². The summed E-state index contributed by atoms with van der Waals surface area (Å²) in [5.74, 6) is -0.860. The van der Waals surface area contributed by atoms with Gasteiger partial charge in [-0.15, -0.1) is 0 Å². The number of aromatic nitrogens is 1. The fourth-order valence-corrected chi connectivity index (χ4v) is 2.98. The van der Waals surface area contributed by atoms with Crippen molar-refractivity contribution in [1.82, 2.24) is 9.71 Å². The van der Waals surface area contributed by atoms with Crippen LogP contribution in [0.5, 0.6) is 0 Å². The number of hydrogen-bond acceptors (Lipinski definition) is 4. The van der Waals surface area contributed by atoms with Gasteiger partial charge in [-0.05, 0) is 36.2 Å². The molecule has 0 bridgehead atoms. The first-order chi connectivity index (χ1) is 9.50. The van der Waals surface area contributed by atoms with Gasteiger partial charge in [0.05, 0.1) is 5.69 Å². The molecule has 3 N–H and O–H groups in total. The van der Waals surface area contributed by atoms with Crippen molar-refractivity contribution < 1.29 is 12.8 Å². The summed E-state index contributed by atoms with van der Waals surface area (Å²) in [6, 6.07) is 7.34. The number of benzene rings is 1. The molecule has 20 heavy (non-hydrogen) atoms. The van der Waals surface area contributed by atoms with Crippen LogP contribution in [0, 0.1) is 5.82 Å². The topological polar surface area (TPSA) is 85.1 Å². The van der Waals surface area contributed by atoms with Crippen LogP contribution >= 0.6 is 0 Å². The van der Waals surface area contributed by atoms with Crippen molar-refractivity contribution in [2.24, 2.45) is 0 Å². The number of anilines is 1. The highest BCUT2D eigenvalue weighted by Crippen LogP contribution is 2.21. The Morgan fingerprint density at radius 3 is 2.55 bits per heavy atom. The molecule has 0 amide bonds. The van der Waals surface area contributed by atoms with Crippen LogP contribution in [0.3, 0.4) is 0 Å². The van der Waals surface area contributed by atoms with Gasteiger partial charge in [0, 0.05) is 18.9 Å². The van der Waals surface area contributed by atoms with Crippen LogP contribution in [0.15, 0.2) is 47.6 Å². The van der Waals surface area contributed by atoms with E-state index in [0.717, 1.165) is 11.6 Å². The van der Waals surface area contributed by atoms with E-state index in [0.29, 0.717) is 6.42 Å². The lowest BCUT2D eigenvalue weighted by atomic mass is 10.2. The number of hydrogen-bond donors (Lipinski definition) is 2. The number of nitrogens with one attached hydrogen (secondary N) is 1. The Morgan fingerprint density at radius 2 is 1.90 bits per heavy atom. The molecule has 0 saturated carbocycles. The molecule has 0 aliphatic carbocycles. The first kappa shape index (κ1) is 14.4. The fraction of sp³-hybridized carbons (Fsp3) is 0.154. The molecule has 1 heterocycles. The summed E-state index contributed by atoms with van der Waals surface area (Å²) < 4.78 is 40.0. The van der Waals surface area contributed by atoms with Crippen LogP contribution < -0.4 is 10.5 Å². The van der Waals surface area contributed by atoms with Crippen molar-refractivity contribution in [3.8, 4) is 0 Å². The number of sulfonamides is 1. The molecule has 106 valence electrons. The molecule has 0 aliphatic heterocycles. The lowest BCUT2D eigenvalue weighted by molar-refractivity contribution is 0.558. The van der Waals surface area contributed by atoms with Gasteiger partial charge in [0.1, 0.15) is 10.7 Å². The number of halogens is 1. The third-order valence-electron chi connectivity index (χ3n) is 2.72. The van der Waals surface area contributed by atoms with Crippen molar-refractivity contribution in [2.75, 3.05) is 12.3 Å². The van der Waals surface area contributed by atoms with Gasteiger partial charge >= 0.3 is 0 Å². The lowest BCUT2D eigenvalue weighted by Gasteiger charge is -2.09. The van der Waals surface area contributed by atoms with E-state index < -0.39 is 20.7 Å². The molecule has 0 atom stereocenters. The Morgan fingerprint density at radius 1 is 1.20 bits per heavy atom. The summed E-state index contributed by atoms with van der Waals surface area (Å²) in [5.41, 5.74) is 6.35. The van der Waals surface area contributed by atoms with Crippen LogP contribution in [-0.2, 0) is 16.4 Å². The average molecular weight is 295 g/mol. The molecule has 0 fully saturated rings. The summed E-state index contributed by atoms with van der Waals surface area (Å²) in [7, 11) is -3.96. The summed E-state index contributed by atoms with van der Waals surface area (Å²) in [4.78, 5) is 3.36. The van der Waals surface area contributed by atoms with E-state index in [4.69, 9.17) is 5.73 Å². The zero-order valence-corrected chi connectivity index (χ0v) is 11.4. The van der Waals surface area contributed by atoms with Gasteiger partial charge in [-0.2, -0.15) is 0 Å². The molecule has 7 heteroatoms. The maximum Gasteiger partial charge on any atom is 0.245 e. The number of nitrogens with zero attached hydrogens (tertiary/aromatic N) is 1. The minimum Gasteiger partial charge on any atom is -0.398 e. The third-order valence-corrected chi connectivity index (χ3v) is 4.27. The second-order valence-electron chi connectivity index (χ2n) is 4.16. The van der Waals surface area contributed by atoms with Gasteiger partial charge < -0.3 is 5.73 Å². The zero-order valence-electron chi connectivity index (χ0n) is 10.6. The summed E-state index contributed by atoms with van der Waals surface area (Å²) in [6.45, 7) is 0.153. The predicted octanol–water partition coefficient (Wildman–Crippen LogP) is 1.32. The van der Waals surface area contributed by atoms with E-state index in [2.05, 4.69) is 9.71 Å². The van der Waals surface area contributed by atoms with Crippen LogP contribution in [0.2, 0.25) is 0 Å². The quantitative estimate of drug-likeness (QED) is 0.815. The molecular weight excluding hydrogens is 281 g/mol. The van der Waals surface area contributed by atoms with E-state index >= 15 is 0 Å². The van der Waals surface area contributed by atoms with Crippen molar-refractivity contribution in [3.05, 3.63) is 54.1 Å². The molecular formula is C13H14FN3O2S. The molecule has 0 saturated heterocycles. The molecule has 2 aromatic rings. The fourth-order valence-electron chi connectivity index (χ4n) is 1.76. The predicted molar refractivity (Wildman–Crippen MR) is 73.9 cm³/mol. The second kappa shape index (κ2) is 5.98. The molecule has 0 unspecified atom stereocenters. The Bertz CT molecular complexity index is 670.